The summed E-state index contributed by atoms with van der Waals surface area (Å²) in [6.45, 7) is 4.80. The average Bonchev–Trinajstić information content (AvgIpc) is 2.51. The van der Waals surface area contributed by atoms with Gasteiger partial charge in [-0.2, -0.15) is 0 Å². The molecule has 0 radical (unpaired) electrons. The third-order valence-corrected chi connectivity index (χ3v) is 4.26. The van der Waals surface area contributed by atoms with E-state index in [1.165, 1.54) is 31.2 Å². The number of rotatable bonds is 8. The Labute approximate surface area is 129 Å². The van der Waals surface area contributed by atoms with Gasteiger partial charge >= 0.3 is 0 Å². The maximum Gasteiger partial charge on any atom is 0.119 e. The molecule has 3 nitrogen and oxygen atoms in total. The van der Waals surface area contributed by atoms with E-state index in [9.17, 15) is 0 Å². The predicted molar refractivity (Wildman–Crippen MR) is 86.9 cm³/mol. The fourth-order valence-corrected chi connectivity index (χ4v) is 3.02. The van der Waals surface area contributed by atoms with Gasteiger partial charge in [0.1, 0.15) is 12.4 Å². The molecule has 2 unspecified atom stereocenters. The van der Waals surface area contributed by atoms with Gasteiger partial charge < -0.3 is 14.8 Å². The molecular weight excluding hydrogens is 262 g/mol. The van der Waals surface area contributed by atoms with E-state index in [0.29, 0.717) is 6.04 Å². The number of hydrogen-bond donors (Lipinski definition) is 1. The van der Waals surface area contributed by atoms with Crippen molar-refractivity contribution in [3.63, 3.8) is 0 Å². The van der Waals surface area contributed by atoms with Crippen molar-refractivity contribution in [2.45, 2.75) is 45.1 Å². The normalized spacial score (nSPS) is 22.2. The second-order valence-electron chi connectivity index (χ2n) is 6.16. The first-order chi connectivity index (χ1) is 10.3. The van der Waals surface area contributed by atoms with Gasteiger partial charge in [-0.1, -0.05) is 31.9 Å². The minimum atomic E-state index is 0.689. The number of methoxy groups -OCH3 is 1. The zero-order chi connectivity index (χ0) is 14.9. The Kier molecular flexibility index (Phi) is 7.04. The van der Waals surface area contributed by atoms with Crippen molar-refractivity contribution < 1.29 is 9.47 Å². The molecule has 1 aromatic carbocycles. The highest BCUT2D eigenvalue weighted by molar-refractivity contribution is 5.27. The van der Waals surface area contributed by atoms with Crippen LogP contribution in [-0.4, -0.2) is 32.9 Å². The summed E-state index contributed by atoms with van der Waals surface area (Å²) >= 11 is 0. The summed E-state index contributed by atoms with van der Waals surface area (Å²) < 4.78 is 10.9. The quantitative estimate of drug-likeness (QED) is 0.744. The second kappa shape index (κ2) is 9.06. The number of hydrogen-bond acceptors (Lipinski definition) is 3. The zero-order valence-corrected chi connectivity index (χ0v) is 13.4. The van der Waals surface area contributed by atoms with Gasteiger partial charge in [0.2, 0.25) is 0 Å². The van der Waals surface area contributed by atoms with Crippen LogP contribution in [0.2, 0.25) is 0 Å². The summed E-state index contributed by atoms with van der Waals surface area (Å²) in [5.41, 5.74) is 1.29. The molecule has 1 saturated carbocycles. The Bertz CT molecular complexity index is 391. The molecule has 0 aliphatic heterocycles. The van der Waals surface area contributed by atoms with Gasteiger partial charge in [0.15, 0.2) is 0 Å². The molecule has 0 aromatic heterocycles. The molecule has 1 N–H and O–H groups in total. The predicted octanol–water partition coefficient (Wildman–Crippen LogP) is 3.42. The van der Waals surface area contributed by atoms with E-state index >= 15 is 0 Å². The molecule has 1 fully saturated rings. The zero-order valence-electron chi connectivity index (χ0n) is 13.4. The maximum absolute atomic E-state index is 5.79. The van der Waals surface area contributed by atoms with E-state index in [0.717, 1.165) is 37.8 Å². The minimum Gasteiger partial charge on any atom is -0.492 e. The minimum absolute atomic E-state index is 0.689. The van der Waals surface area contributed by atoms with Crippen molar-refractivity contribution in [1.29, 1.82) is 0 Å². The molecular formula is C18H29NO2. The molecule has 1 aliphatic rings. The van der Waals surface area contributed by atoms with Crippen LogP contribution in [-0.2, 0) is 11.2 Å². The van der Waals surface area contributed by atoms with Crippen LogP contribution in [0.15, 0.2) is 24.3 Å². The monoisotopic (exact) mass is 291 g/mol. The smallest absolute Gasteiger partial charge is 0.119 e. The molecule has 118 valence electrons. The molecule has 2 atom stereocenters. The van der Waals surface area contributed by atoms with E-state index in [1.807, 2.05) is 12.1 Å². The lowest BCUT2D eigenvalue weighted by Gasteiger charge is -2.27. The first-order valence-electron chi connectivity index (χ1n) is 8.22. The third-order valence-electron chi connectivity index (χ3n) is 4.26. The van der Waals surface area contributed by atoms with Crippen LogP contribution in [0.3, 0.4) is 0 Å². The Morgan fingerprint density at radius 2 is 1.95 bits per heavy atom. The number of ether oxygens (including phenoxy) is 2. The van der Waals surface area contributed by atoms with Crippen LogP contribution in [0, 0.1) is 5.92 Å². The highest BCUT2D eigenvalue weighted by atomic mass is 16.5. The van der Waals surface area contributed by atoms with E-state index in [2.05, 4.69) is 24.4 Å². The van der Waals surface area contributed by atoms with E-state index in [4.69, 9.17) is 9.47 Å². The Balaban J connectivity index is 1.62. The van der Waals surface area contributed by atoms with Crippen molar-refractivity contribution in [3.05, 3.63) is 29.8 Å². The highest BCUT2D eigenvalue weighted by Crippen LogP contribution is 2.23. The summed E-state index contributed by atoms with van der Waals surface area (Å²) in [5, 5.41) is 3.62. The standard InChI is InChI=1S/C18H29NO2/c1-15-4-3-5-17(14-15)19-11-13-21-18-8-6-16(7-9-18)10-12-20-2/h6-9,15,17,19H,3-5,10-14H2,1-2H3. The first kappa shape index (κ1) is 16.3. The molecule has 0 amide bonds. The van der Waals surface area contributed by atoms with Crippen LogP contribution in [0.25, 0.3) is 0 Å². The summed E-state index contributed by atoms with van der Waals surface area (Å²) in [5.74, 6) is 1.83. The van der Waals surface area contributed by atoms with Gasteiger partial charge in [0.25, 0.3) is 0 Å². The van der Waals surface area contributed by atoms with E-state index in [1.54, 1.807) is 7.11 Å². The lowest BCUT2D eigenvalue weighted by Crippen LogP contribution is -2.36. The molecule has 0 bridgehead atoms. The fraction of sp³-hybridized carbons (Fsp3) is 0.667. The molecule has 1 aliphatic carbocycles. The van der Waals surface area contributed by atoms with Crippen LogP contribution >= 0.6 is 0 Å². The summed E-state index contributed by atoms with van der Waals surface area (Å²) in [6.07, 6.45) is 6.34. The van der Waals surface area contributed by atoms with E-state index in [-0.39, 0.29) is 0 Å². The van der Waals surface area contributed by atoms with Crippen LogP contribution in [0.5, 0.6) is 5.75 Å². The van der Waals surface area contributed by atoms with Crippen LogP contribution in [0.4, 0.5) is 0 Å². The van der Waals surface area contributed by atoms with Gasteiger partial charge in [0.05, 0.1) is 6.61 Å². The van der Waals surface area contributed by atoms with Crippen LogP contribution in [0.1, 0.15) is 38.2 Å². The summed E-state index contributed by atoms with van der Waals surface area (Å²) in [7, 11) is 1.73. The summed E-state index contributed by atoms with van der Waals surface area (Å²) in [4.78, 5) is 0. The first-order valence-corrected chi connectivity index (χ1v) is 8.22. The van der Waals surface area contributed by atoms with Gasteiger partial charge in [-0.3, -0.25) is 0 Å². The lowest BCUT2D eigenvalue weighted by molar-refractivity contribution is 0.202. The molecule has 21 heavy (non-hydrogen) atoms. The maximum atomic E-state index is 5.79. The number of nitrogens with one attached hydrogen (secondary N) is 1. The Hall–Kier alpha value is -1.06. The van der Waals surface area contributed by atoms with E-state index < -0.39 is 0 Å². The molecule has 2 rings (SSSR count). The molecule has 0 heterocycles. The topological polar surface area (TPSA) is 30.5 Å². The Morgan fingerprint density at radius 1 is 1.14 bits per heavy atom. The number of benzene rings is 1. The average molecular weight is 291 g/mol. The SMILES string of the molecule is COCCc1ccc(OCCNC2CCCC(C)C2)cc1. The molecule has 3 heteroatoms. The fourth-order valence-electron chi connectivity index (χ4n) is 3.02. The van der Waals surface area contributed by atoms with Crippen molar-refractivity contribution in [2.24, 2.45) is 5.92 Å². The van der Waals surface area contributed by atoms with Crippen molar-refractivity contribution >= 4 is 0 Å². The third kappa shape index (κ3) is 6.06. The van der Waals surface area contributed by atoms with Gasteiger partial charge in [-0.15, -0.1) is 0 Å². The Morgan fingerprint density at radius 3 is 2.67 bits per heavy atom. The van der Waals surface area contributed by atoms with Gasteiger partial charge in [-0.25, -0.2) is 0 Å². The molecule has 0 saturated heterocycles. The van der Waals surface area contributed by atoms with Crippen molar-refractivity contribution in [3.8, 4) is 5.75 Å². The van der Waals surface area contributed by atoms with Crippen molar-refractivity contribution in [2.75, 3.05) is 26.9 Å². The van der Waals surface area contributed by atoms with Gasteiger partial charge in [0, 0.05) is 19.7 Å². The van der Waals surface area contributed by atoms with Crippen molar-refractivity contribution in [1.82, 2.24) is 5.32 Å². The largest absolute Gasteiger partial charge is 0.492 e. The highest BCUT2D eigenvalue weighted by Gasteiger charge is 2.17. The lowest BCUT2D eigenvalue weighted by atomic mass is 9.87. The molecule has 1 aromatic rings. The van der Waals surface area contributed by atoms with Gasteiger partial charge in [-0.05, 0) is 42.9 Å². The molecule has 0 spiro atoms. The summed E-state index contributed by atoms with van der Waals surface area (Å²) in [6, 6.07) is 9.02. The second-order valence-corrected chi connectivity index (χ2v) is 6.16. The van der Waals surface area contributed by atoms with Crippen LogP contribution < -0.4 is 10.1 Å².